The van der Waals surface area contributed by atoms with Gasteiger partial charge in [0.05, 0.1) is 6.54 Å². The number of rotatable bonds is 2. The van der Waals surface area contributed by atoms with Gasteiger partial charge in [0.1, 0.15) is 0 Å². The average molecular weight is 334 g/mol. The number of carbonyl (C=O) groups excluding carboxylic acids is 2. The molecule has 24 heavy (non-hydrogen) atoms. The van der Waals surface area contributed by atoms with Crippen molar-refractivity contribution in [1.82, 2.24) is 19.6 Å². The summed E-state index contributed by atoms with van der Waals surface area (Å²) in [7, 11) is 2.12. The fourth-order valence-corrected chi connectivity index (χ4v) is 5.19. The molecule has 3 atom stereocenters. The van der Waals surface area contributed by atoms with Gasteiger partial charge in [-0.25, -0.2) is 0 Å². The zero-order valence-corrected chi connectivity index (χ0v) is 14.8. The van der Waals surface area contributed by atoms with Crippen LogP contribution in [0.5, 0.6) is 0 Å². The second kappa shape index (κ2) is 6.64. The van der Waals surface area contributed by atoms with E-state index in [1.165, 1.54) is 6.42 Å². The van der Waals surface area contributed by atoms with E-state index in [1.807, 2.05) is 4.90 Å². The van der Waals surface area contributed by atoms with Gasteiger partial charge in [-0.05, 0) is 38.1 Å². The fraction of sp³-hybridized carbons (Fsp3) is 0.889. The standard InChI is InChI=1S/C18H30N4O2/c1-19-5-7-21(8-6-19)18(24)13-20-10-14-9-15(12-20)16-3-2-4-17(23)22(16)11-14/h14-16H,2-13H2,1H3/t14?,15?,16-/m1/s1. The third kappa shape index (κ3) is 3.18. The number of nitrogens with zero attached hydrogens (tertiary/aromatic N) is 4. The quantitative estimate of drug-likeness (QED) is 0.718. The van der Waals surface area contributed by atoms with Gasteiger partial charge < -0.3 is 14.7 Å². The minimum Gasteiger partial charge on any atom is -0.339 e. The molecule has 0 spiro atoms. The van der Waals surface area contributed by atoms with Gasteiger partial charge in [-0.1, -0.05) is 0 Å². The zero-order valence-electron chi connectivity index (χ0n) is 14.8. The van der Waals surface area contributed by atoms with E-state index >= 15 is 0 Å². The molecule has 0 radical (unpaired) electrons. The lowest BCUT2D eigenvalue weighted by Gasteiger charge is -2.52. The zero-order chi connectivity index (χ0) is 16.7. The first kappa shape index (κ1) is 16.3. The molecule has 2 unspecified atom stereocenters. The van der Waals surface area contributed by atoms with E-state index in [4.69, 9.17) is 0 Å². The molecule has 2 amide bonds. The van der Waals surface area contributed by atoms with Crippen LogP contribution in [0.15, 0.2) is 0 Å². The second-order valence-corrected chi connectivity index (χ2v) is 8.25. The second-order valence-electron chi connectivity index (χ2n) is 8.25. The Hall–Kier alpha value is -1.14. The number of hydrogen-bond donors (Lipinski definition) is 0. The minimum atomic E-state index is 0.291. The summed E-state index contributed by atoms with van der Waals surface area (Å²) in [6, 6.07) is 0.434. The Kier molecular flexibility index (Phi) is 4.52. The largest absolute Gasteiger partial charge is 0.339 e. The first-order chi connectivity index (χ1) is 11.6. The molecular formula is C18H30N4O2. The van der Waals surface area contributed by atoms with Crippen LogP contribution in [0.1, 0.15) is 25.7 Å². The summed E-state index contributed by atoms with van der Waals surface area (Å²) in [4.78, 5) is 33.7. The van der Waals surface area contributed by atoms with Crippen LogP contribution < -0.4 is 0 Å². The van der Waals surface area contributed by atoms with Gasteiger partial charge in [-0.15, -0.1) is 0 Å². The van der Waals surface area contributed by atoms with E-state index < -0.39 is 0 Å². The lowest BCUT2D eigenvalue weighted by molar-refractivity contribution is -0.147. The highest BCUT2D eigenvalue weighted by atomic mass is 16.2. The summed E-state index contributed by atoms with van der Waals surface area (Å²) in [5.74, 6) is 1.78. The van der Waals surface area contributed by atoms with Crippen molar-refractivity contribution < 1.29 is 9.59 Å². The van der Waals surface area contributed by atoms with Gasteiger partial charge >= 0.3 is 0 Å². The highest BCUT2D eigenvalue weighted by molar-refractivity contribution is 5.78. The third-order valence-electron chi connectivity index (χ3n) is 6.47. The molecule has 6 heteroatoms. The van der Waals surface area contributed by atoms with E-state index in [0.29, 0.717) is 36.2 Å². The smallest absolute Gasteiger partial charge is 0.236 e. The predicted molar refractivity (Wildman–Crippen MR) is 91.5 cm³/mol. The van der Waals surface area contributed by atoms with Crippen LogP contribution in [0.2, 0.25) is 0 Å². The van der Waals surface area contributed by atoms with E-state index in [-0.39, 0.29) is 0 Å². The van der Waals surface area contributed by atoms with Crippen molar-refractivity contribution in [3.8, 4) is 0 Å². The molecule has 0 saturated carbocycles. The molecule has 2 bridgehead atoms. The maximum atomic E-state index is 12.6. The minimum absolute atomic E-state index is 0.291. The van der Waals surface area contributed by atoms with Crippen molar-refractivity contribution in [3.05, 3.63) is 0 Å². The predicted octanol–water partition coefficient (Wildman–Crippen LogP) is 0.0932. The maximum Gasteiger partial charge on any atom is 0.236 e. The Labute approximate surface area is 144 Å². The van der Waals surface area contributed by atoms with E-state index in [0.717, 1.165) is 65.1 Å². The average Bonchev–Trinajstić information content (AvgIpc) is 2.56. The number of piperidine rings is 3. The number of piperazine rings is 1. The number of carbonyl (C=O) groups is 2. The molecule has 4 aliphatic rings. The van der Waals surface area contributed by atoms with Crippen molar-refractivity contribution in [2.75, 3.05) is 59.4 Å². The van der Waals surface area contributed by atoms with Crippen LogP contribution in [-0.2, 0) is 9.59 Å². The summed E-state index contributed by atoms with van der Waals surface area (Å²) in [6.07, 6.45) is 4.18. The van der Waals surface area contributed by atoms with Crippen molar-refractivity contribution in [1.29, 1.82) is 0 Å². The van der Waals surface area contributed by atoms with Gasteiger partial charge in [0.2, 0.25) is 11.8 Å². The van der Waals surface area contributed by atoms with Gasteiger partial charge in [0.15, 0.2) is 0 Å². The molecule has 0 aromatic rings. The van der Waals surface area contributed by atoms with Crippen molar-refractivity contribution in [2.45, 2.75) is 31.7 Å². The topological polar surface area (TPSA) is 47.1 Å². The molecule has 134 valence electrons. The monoisotopic (exact) mass is 334 g/mol. The van der Waals surface area contributed by atoms with E-state index in [1.54, 1.807) is 0 Å². The Morgan fingerprint density at radius 1 is 1.12 bits per heavy atom. The van der Waals surface area contributed by atoms with Crippen LogP contribution >= 0.6 is 0 Å². The molecule has 0 aliphatic carbocycles. The number of likely N-dealkylation sites (tertiary alicyclic amines) is 1. The first-order valence-electron chi connectivity index (χ1n) is 9.58. The van der Waals surface area contributed by atoms with E-state index in [2.05, 4.69) is 21.7 Å². The summed E-state index contributed by atoms with van der Waals surface area (Å²) >= 11 is 0. The molecule has 4 rings (SSSR count). The van der Waals surface area contributed by atoms with Gasteiger partial charge in [-0.3, -0.25) is 14.5 Å². The van der Waals surface area contributed by atoms with Crippen molar-refractivity contribution >= 4 is 11.8 Å². The highest BCUT2D eigenvalue weighted by Gasteiger charge is 2.44. The Bertz CT molecular complexity index is 503. The molecule has 6 nitrogen and oxygen atoms in total. The normalized spacial score (nSPS) is 35.0. The van der Waals surface area contributed by atoms with E-state index in [9.17, 15) is 9.59 Å². The SMILES string of the molecule is CN1CCN(C(=O)CN2CC3CC(C2)[C@H]2CCCC(=O)N2C3)CC1. The Balaban J connectivity index is 1.35. The first-order valence-corrected chi connectivity index (χ1v) is 9.58. The highest BCUT2D eigenvalue weighted by Crippen LogP contribution is 2.37. The fourth-order valence-electron chi connectivity index (χ4n) is 5.19. The van der Waals surface area contributed by atoms with Crippen molar-refractivity contribution in [3.63, 3.8) is 0 Å². The molecular weight excluding hydrogens is 304 g/mol. The number of fused-ring (bicyclic) bond motifs is 4. The number of amides is 2. The maximum absolute atomic E-state index is 12.6. The molecule has 0 aromatic carbocycles. The van der Waals surface area contributed by atoms with Crippen LogP contribution in [0, 0.1) is 11.8 Å². The summed E-state index contributed by atoms with van der Waals surface area (Å²) < 4.78 is 0. The molecule has 0 N–H and O–H groups in total. The molecule has 4 fully saturated rings. The molecule has 4 saturated heterocycles. The van der Waals surface area contributed by atoms with Crippen LogP contribution in [0.4, 0.5) is 0 Å². The summed E-state index contributed by atoms with van der Waals surface area (Å²) in [5, 5.41) is 0. The van der Waals surface area contributed by atoms with Crippen LogP contribution in [-0.4, -0.2) is 96.9 Å². The Morgan fingerprint density at radius 3 is 2.71 bits per heavy atom. The van der Waals surface area contributed by atoms with Crippen LogP contribution in [0.25, 0.3) is 0 Å². The third-order valence-corrected chi connectivity index (χ3v) is 6.47. The van der Waals surface area contributed by atoms with Gasteiger partial charge in [0, 0.05) is 58.3 Å². The number of likely N-dealkylation sites (N-methyl/N-ethyl adjacent to an activating group) is 1. The lowest BCUT2D eigenvalue weighted by Crippen LogP contribution is -2.61. The summed E-state index contributed by atoms with van der Waals surface area (Å²) in [6.45, 7) is 7.14. The number of hydrogen-bond acceptors (Lipinski definition) is 4. The van der Waals surface area contributed by atoms with Gasteiger partial charge in [0.25, 0.3) is 0 Å². The molecule has 4 heterocycles. The molecule has 4 aliphatic heterocycles. The summed E-state index contributed by atoms with van der Waals surface area (Å²) in [5.41, 5.74) is 0. The molecule has 0 aromatic heterocycles. The van der Waals surface area contributed by atoms with Gasteiger partial charge in [-0.2, -0.15) is 0 Å². The van der Waals surface area contributed by atoms with Crippen LogP contribution in [0.3, 0.4) is 0 Å². The van der Waals surface area contributed by atoms with Crippen molar-refractivity contribution in [2.24, 2.45) is 11.8 Å². The lowest BCUT2D eigenvalue weighted by atomic mass is 9.76. The Morgan fingerprint density at radius 2 is 1.92 bits per heavy atom.